The number of nitrogens with zero attached hydrogens (tertiary/aromatic N) is 2. The average Bonchev–Trinajstić information content (AvgIpc) is 2.85. The molecule has 0 radical (unpaired) electrons. The van der Waals surface area contributed by atoms with Gasteiger partial charge in [0, 0.05) is 31.2 Å². The fourth-order valence-corrected chi connectivity index (χ4v) is 3.81. The van der Waals surface area contributed by atoms with Crippen LogP contribution in [-0.4, -0.2) is 31.0 Å². The maximum absolute atomic E-state index is 4.45. The molecule has 1 spiro atoms. The molecule has 0 unspecified atom stereocenters. The summed E-state index contributed by atoms with van der Waals surface area (Å²) < 4.78 is 1.13. The van der Waals surface area contributed by atoms with Gasteiger partial charge >= 0.3 is 0 Å². The van der Waals surface area contributed by atoms with E-state index >= 15 is 0 Å². The van der Waals surface area contributed by atoms with Gasteiger partial charge in [-0.1, -0.05) is 34.5 Å². The summed E-state index contributed by atoms with van der Waals surface area (Å²) in [6, 6.07) is 8.42. The number of nitrogens with one attached hydrogen (secondary N) is 1. The highest BCUT2D eigenvalue weighted by molar-refractivity contribution is 9.10. The molecule has 2 aliphatic rings. The van der Waals surface area contributed by atoms with Crippen molar-refractivity contribution in [2.45, 2.75) is 32.2 Å². The number of halogens is 1. The van der Waals surface area contributed by atoms with Crippen LogP contribution in [0.1, 0.15) is 31.2 Å². The normalized spacial score (nSPS) is 21.1. The molecule has 1 aliphatic heterocycles. The Hall–Kier alpha value is -1.03. The average molecular weight is 336 g/mol. The number of benzene rings is 1. The standard InChI is InChI=1S/C16H22BrN3/c1-18-15(19-11-13-4-2-5-14(17)10-13)20-9-8-16(12-20)6-3-7-16/h2,4-5,10H,3,6-9,11-12H2,1H3,(H,18,19). The van der Waals surface area contributed by atoms with E-state index in [9.17, 15) is 0 Å². The van der Waals surface area contributed by atoms with Crippen molar-refractivity contribution in [2.75, 3.05) is 20.1 Å². The van der Waals surface area contributed by atoms with Crippen LogP contribution in [0, 0.1) is 5.41 Å². The Labute approximate surface area is 129 Å². The lowest BCUT2D eigenvalue weighted by molar-refractivity contribution is 0.151. The van der Waals surface area contributed by atoms with Gasteiger partial charge in [-0.3, -0.25) is 4.99 Å². The van der Waals surface area contributed by atoms with Crippen LogP contribution >= 0.6 is 15.9 Å². The third-order valence-corrected chi connectivity index (χ3v) is 5.20. The molecule has 1 aliphatic carbocycles. The van der Waals surface area contributed by atoms with Gasteiger partial charge in [0.2, 0.25) is 0 Å². The quantitative estimate of drug-likeness (QED) is 0.662. The van der Waals surface area contributed by atoms with E-state index in [1.165, 1.54) is 37.8 Å². The molecule has 2 fully saturated rings. The van der Waals surface area contributed by atoms with E-state index in [1.807, 2.05) is 7.05 Å². The summed E-state index contributed by atoms with van der Waals surface area (Å²) in [6.07, 6.45) is 5.57. The zero-order valence-corrected chi connectivity index (χ0v) is 13.6. The minimum atomic E-state index is 0.618. The highest BCUT2D eigenvalue weighted by Crippen LogP contribution is 2.47. The van der Waals surface area contributed by atoms with Gasteiger partial charge in [0.25, 0.3) is 0 Å². The molecule has 0 aromatic heterocycles. The summed E-state index contributed by atoms with van der Waals surface area (Å²) >= 11 is 3.52. The summed E-state index contributed by atoms with van der Waals surface area (Å²) in [5.41, 5.74) is 1.89. The topological polar surface area (TPSA) is 27.6 Å². The Bertz CT molecular complexity index is 508. The van der Waals surface area contributed by atoms with Gasteiger partial charge in [-0.15, -0.1) is 0 Å². The molecule has 0 bridgehead atoms. The van der Waals surface area contributed by atoms with Crippen molar-refractivity contribution in [2.24, 2.45) is 10.4 Å². The van der Waals surface area contributed by atoms with Gasteiger partial charge in [-0.05, 0) is 42.4 Å². The molecule has 4 heteroatoms. The molecular formula is C16H22BrN3. The third kappa shape index (κ3) is 2.85. The summed E-state index contributed by atoms with van der Waals surface area (Å²) in [5, 5.41) is 3.50. The fraction of sp³-hybridized carbons (Fsp3) is 0.562. The van der Waals surface area contributed by atoms with Gasteiger partial charge in [0.05, 0.1) is 0 Å². The SMILES string of the molecule is CN=C(NCc1cccc(Br)c1)N1CCC2(CCC2)C1. The van der Waals surface area contributed by atoms with Gasteiger partial charge < -0.3 is 10.2 Å². The maximum Gasteiger partial charge on any atom is 0.193 e. The van der Waals surface area contributed by atoms with Crippen LogP contribution in [0.25, 0.3) is 0 Å². The van der Waals surface area contributed by atoms with Crippen LogP contribution in [0.5, 0.6) is 0 Å². The minimum absolute atomic E-state index is 0.618. The molecule has 1 aromatic carbocycles. The molecule has 1 N–H and O–H groups in total. The maximum atomic E-state index is 4.45. The highest BCUT2D eigenvalue weighted by Gasteiger charge is 2.43. The van der Waals surface area contributed by atoms with Crippen LogP contribution < -0.4 is 5.32 Å². The van der Waals surface area contributed by atoms with Crippen LogP contribution in [0.4, 0.5) is 0 Å². The number of aliphatic imine (C=N–C) groups is 1. The van der Waals surface area contributed by atoms with E-state index in [0.29, 0.717) is 5.41 Å². The van der Waals surface area contributed by atoms with Crippen LogP contribution in [0.15, 0.2) is 33.7 Å². The number of likely N-dealkylation sites (tertiary alicyclic amines) is 1. The van der Waals surface area contributed by atoms with Crippen molar-refractivity contribution >= 4 is 21.9 Å². The molecule has 0 atom stereocenters. The predicted molar refractivity (Wildman–Crippen MR) is 86.8 cm³/mol. The molecule has 20 heavy (non-hydrogen) atoms. The minimum Gasteiger partial charge on any atom is -0.352 e. The van der Waals surface area contributed by atoms with Crippen molar-refractivity contribution in [3.8, 4) is 0 Å². The van der Waals surface area contributed by atoms with Gasteiger partial charge in [0.15, 0.2) is 5.96 Å². The predicted octanol–water partition coefficient (Wildman–Crippen LogP) is 3.40. The Morgan fingerprint density at radius 1 is 1.40 bits per heavy atom. The van der Waals surface area contributed by atoms with E-state index in [-0.39, 0.29) is 0 Å². The van der Waals surface area contributed by atoms with Crippen molar-refractivity contribution in [1.29, 1.82) is 0 Å². The van der Waals surface area contributed by atoms with E-state index in [1.54, 1.807) is 0 Å². The number of hydrogen-bond acceptors (Lipinski definition) is 1. The lowest BCUT2D eigenvalue weighted by Gasteiger charge is -2.38. The molecular weight excluding hydrogens is 314 g/mol. The van der Waals surface area contributed by atoms with Crippen LogP contribution in [-0.2, 0) is 6.54 Å². The highest BCUT2D eigenvalue weighted by atomic mass is 79.9. The van der Waals surface area contributed by atoms with Crippen molar-refractivity contribution in [3.63, 3.8) is 0 Å². The number of rotatable bonds is 2. The van der Waals surface area contributed by atoms with E-state index in [0.717, 1.165) is 23.5 Å². The second-order valence-corrected chi connectivity index (χ2v) is 6.97. The second kappa shape index (κ2) is 5.76. The first-order chi connectivity index (χ1) is 9.71. The van der Waals surface area contributed by atoms with Crippen molar-refractivity contribution in [3.05, 3.63) is 34.3 Å². The van der Waals surface area contributed by atoms with E-state index in [4.69, 9.17) is 0 Å². The Balaban J connectivity index is 1.58. The molecule has 1 heterocycles. The lowest BCUT2D eigenvalue weighted by Crippen LogP contribution is -2.42. The molecule has 3 nitrogen and oxygen atoms in total. The summed E-state index contributed by atoms with van der Waals surface area (Å²) in [6.45, 7) is 3.17. The lowest BCUT2D eigenvalue weighted by atomic mass is 9.68. The Morgan fingerprint density at radius 2 is 2.25 bits per heavy atom. The van der Waals surface area contributed by atoms with Gasteiger partial charge in [-0.2, -0.15) is 0 Å². The molecule has 108 valence electrons. The largest absolute Gasteiger partial charge is 0.352 e. The monoisotopic (exact) mass is 335 g/mol. The first kappa shape index (κ1) is 13.9. The molecule has 1 saturated carbocycles. The van der Waals surface area contributed by atoms with Crippen LogP contribution in [0.2, 0.25) is 0 Å². The Morgan fingerprint density at radius 3 is 2.85 bits per heavy atom. The van der Waals surface area contributed by atoms with Gasteiger partial charge in [0.1, 0.15) is 0 Å². The number of hydrogen-bond donors (Lipinski definition) is 1. The number of guanidine groups is 1. The zero-order chi connectivity index (χ0) is 14.0. The van der Waals surface area contributed by atoms with Crippen molar-refractivity contribution < 1.29 is 0 Å². The fourth-order valence-electron chi connectivity index (χ4n) is 3.36. The molecule has 3 rings (SSSR count). The first-order valence-electron chi connectivity index (χ1n) is 7.41. The van der Waals surface area contributed by atoms with Crippen molar-refractivity contribution in [1.82, 2.24) is 10.2 Å². The summed E-state index contributed by atoms with van der Waals surface area (Å²) in [7, 11) is 1.88. The first-order valence-corrected chi connectivity index (χ1v) is 8.20. The molecule has 0 amide bonds. The Kier molecular flexibility index (Phi) is 4.01. The second-order valence-electron chi connectivity index (χ2n) is 6.06. The van der Waals surface area contributed by atoms with E-state index in [2.05, 4.69) is 55.4 Å². The van der Waals surface area contributed by atoms with E-state index < -0.39 is 0 Å². The summed E-state index contributed by atoms with van der Waals surface area (Å²) in [5.74, 6) is 1.05. The molecule has 1 saturated heterocycles. The molecule has 1 aromatic rings. The van der Waals surface area contributed by atoms with Crippen LogP contribution in [0.3, 0.4) is 0 Å². The summed E-state index contributed by atoms with van der Waals surface area (Å²) in [4.78, 5) is 6.88. The smallest absolute Gasteiger partial charge is 0.193 e. The third-order valence-electron chi connectivity index (χ3n) is 4.70. The van der Waals surface area contributed by atoms with Gasteiger partial charge in [-0.25, -0.2) is 0 Å². The zero-order valence-electron chi connectivity index (χ0n) is 12.0.